The van der Waals surface area contributed by atoms with E-state index in [1.807, 2.05) is 6.92 Å². The maximum Gasteiger partial charge on any atom is 0.233 e. The van der Waals surface area contributed by atoms with E-state index < -0.39 is 5.54 Å². The van der Waals surface area contributed by atoms with Crippen molar-refractivity contribution in [1.29, 1.82) is 5.26 Å². The van der Waals surface area contributed by atoms with E-state index in [4.69, 9.17) is 5.26 Å². The van der Waals surface area contributed by atoms with Gasteiger partial charge in [0.15, 0.2) is 0 Å². The minimum atomic E-state index is -0.836. The first-order valence-corrected chi connectivity index (χ1v) is 5.54. The van der Waals surface area contributed by atoms with Gasteiger partial charge in [-0.25, -0.2) is 0 Å². The smallest absolute Gasteiger partial charge is 0.233 e. The van der Waals surface area contributed by atoms with Crippen LogP contribution in [0.1, 0.15) is 20.3 Å². The molecule has 86 valence electrons. The summed E-state index contributed by atoms with van der Waals surface area (Å²) >= 11 is 0. The maximum absolute atomic E-state index is 11.7. The van der Waals surface area contributed by atoms with Crippen LogP contribution in [0.5, 0.6) is 0 Å². The molecular formula is C11H15N3O2. The van der Waals surface area contributed by atoms with Crippen molar-refractivity contribution in [2.45, 2.75) is 25.8 Å². The monoisotopic (exact) mass is 221 g/mol. The molecule has 1 saturated heterocycles. The number of nitrogens with one attached hydrogen (secondary N) is 1. The van der Waals surface area contributed by atoms with Gasteiger partial charge in [0.05, 0.1) is 24.4 Å². The molecule has 5 heteroatoms. The molecule has 1 aliphatic carbocycles. The predicted octanol–water partition coefficient (Wildman–Crippen LogP) is -0.117. The summed E-state index contributed by atoms with van der Waals surface area (Å²) in [6.07, 6.45) is 0.707. The van der Waals surface area contributed by atoms with Crippen molar-refractivity contribution in [3.8, 4) is 6.07 Å². The summed E-state index contributed by atoms with van der Waals surface area (Å²) in [5.41, 5.74) is -0.836. The SMILES string of the molecule is CCNC(C)(C#N)CN1C(=O)C2CC2C1=O. The molecule has 1 saturated carbocycles. The zero-order valence-corrected chi connectivity index (χ0v) is 9.49. The molecule has 0 radical (unpaired) electrons. The first kappa shape index (κ1) is 11.1. The number of fused-ring (bicyclic) bond motifs is 1. The number of nitrogens with zero attached hydrogens (tertiary/aromatic N) is 2. The van der Waals surface area contributed by atoms with Gasteiger partial charge in [-0.05, 0) is 19.9 Å². The number of hydrogen-bond acceptors (Lipinski definition) is 4. The lowest BCUT2D eigenvalue weighted by atomic mass is 10.0. The van der Waals surface area contributed by atoms with Crippen molar-refractivity contribution in [3.05, 3.63) is 0 Å². The summed E-state index contributed by atoms with van der Waals surface area (Å²) in [6, 6.07) is 2.12. The molecule has 2 fully saturated rings. The molecule has 0 aromatic carbocycles. The Kier molecular flexibility index (Phi) is 2.47. The molecule has 1 N–H and O–H groups in total. The van der Waals surface area contributed by atoms with Crippen molar-refractivity contribution in [2.75, 3.05) is 13.1 Å². The number of amides is 2. The summed E-state index contributed by atoms with van der Waals surface area (Å²) in [6.45, 7) is 4.39. The number of nitriles is 1. The molecule has 2 rings (SSSR count). The van der Waals surface area contributed by atoms with Crippen LogP contribution in [0.3, 0.4) is 0 Å². The second-order valence-electron chi connectivity index (χ2n) is 4.69. The van der Waals surface area contributed by atoms with Crippen LogP contribution < -0.4 is 5.32 Å². The minimum Gasteiger partial charge on any atom is -0.298 e. The number of rotatable bonds is 4. The Hall–Kier alpha value is -1.41. The standard InChI is InChI=1S/C11H15N3O2/c1-3-13-11(2,5-12)6-14-9(15)7-4-8(7)10(14)16/h7-8,13H,3-4,6H2,1-2H3. The third kappa shape index (κ3) is 1.59. The van der Waals surface area contributed by atoms with E-state index >= 15 is 0 Å². The van der Waals surface area contributed by atoms with E-state index in [-0.39, 0.29) is 30.2 Å². The van der Waals surface area contributed by atoms with Gasteiger partial charge in [0.2, 0.25) is 11.8 Å². The number of hydrogen-bond donors (Lipinski definition) is 1. The summed E-state index contributed by atoms with van der Waals surface area (Å²) in [4.78, 5) is 24.7. The van der Waals surface area contributed by atoms with Gasteiger partial charge >= 0.3 is 0 Å². The van der Waals surface area contributed by atoms with Crippen LogP contribution in [0, 0.1) is 23.2 Å². The van der Waals surface area contributed by atoms with E-state index in [2.05, 4.69) is 11.4 Å². The van der Waals surface area contributed by atoms with E-state index in [1.165, 1.54) is 4.90 Å². The van der Waals surface area contributed by atoms with Crippen LogP contribution in [0.2, 0.25) is 0 Å². The second-order valence-corrected chi connectivity index (χ2v) is 4.69. The molecule has 0 bridgehead atoms. The molecule has 1 heterocycles. The highest BCUT2D eigenvalue weighted by Crippen LogP contribution is 2.47. The molecule has 2 aliphatic rings. The fourth-order valence-corrected chi connectivity index (χ4v) is 2.24. The van der Waals surface area contributed by atoms with Crippen molar-refractivity contribution in [1.82, 2.24) is 10.2 Å². The highest BCUT2D eigenvalue weighted by molar-refractivity contribution is 6.08. The average molecular weight is 221 g/mol. The lowest BCUT2D eigenvalue weighted by molar-refractivity contribution is -0.142. The average Bonchev–Trinajstić information content (AvgIpc) is 3.00. The largest absolute Gasteiger partial charge is 0.298 e. The van der Waals surface area contributed by atoms with Crippen LogP contribution in [-0.2, 0) is 9.59 Å². The van der Waals surface area contributed by atoms with Crippen LogP contribution in [0.25, 0.3) is 0 Å². The topological polar surface area (TPSA) is 73.2 Å². The van der Waals surface area contributed by atoms with Crippen LogP contribution in [0.15, 0.2) is 0 Å². The Morgan fingerprint density at radius 3 is 2.50 bits per heavy atom. The number of likely N-dealkylation sites (N-methyl/N-ethyl adjacent to an activating group) is 1. The quantitative estimate of drug-likeness (QED) is 0.672. The highest BCUT2D eigenvalue weighted by Gasteiger charge is 2.59. The van der Waals surface area contributed by atoms with Crippen molar-refractivity contribution >= 4 is 11.8 Å². The lowest BCUT2D eigenvalue weighted by Gasteiger charge is -2.28. The van der Waals surface area contributed by atoms with Gasteiger partial charge in [-0.15, -0.1) is 0 Å². The lowest BCUT2D eigenvalue weighted by Crippen LogP contribution is -2.52. The van der Waals surface area contributed by atoms with Gasteiger partial charge in [0.25, 0.3) is 0 Å². The summed E-state index contributed by atoms with van der Waals surface area (Å²) in [5, 5.41) is 12.1. The maximum atomic E-state index is 11.7. The van der Waals surface area contributed by atoms with E-state index in [0.717, 1.165) is 0 Å². The van der Waals surface area contributed by atoms with E-state index in [9.17, 15) is 9.59 Å². The molecule has 3 unspecified atom stereocenters. The molecule has 16 heavy (non-hydrogen) atoms. The number of imide groups is 1. The minimum absolute atomic E-state index is 0.0860. The van der Waals surface area contributed by atoms with Gasteiger partial charge in [0, 0.05) is 0 Å². The first-order chi connectivity index (χ1) is 7.52. The van der Waals surface area contributed by atoms with Gasteiger partial charge in [-0.3, -0.25) is 19.8 Å². The number of piperidine rings is 1. The van der Waals surface area contributed by atoms with Crippen molar-refractivity contribution in [2.24, 2.45) is 11.8 Å². The van der Waals surface area contributed by atoms with Gasteiger partial charge in [-0.2, -0.15) is 5.26 Å². The predicted molar refractivity (Wildman–Crippen MR) is 56.0 cm³/mol. The van der Waals surface area contributed by atoms with Gasteiger partial charge in [0.1, 0.15) is 5.54 Å². The Bertz CT molecular complexity index is 367. The Balaban J connectivity index is 2.07. The van der Waals surface area contributed by atoms with Crippen molar-refractivity contribution < 1.29 is 9.59 Å². The Labute approximate surface area is 94.4 Å². The van der Waals surface area contributed by atoms with Crippen LogP contribution in [0.4, 0.5) is 0 Å². The van der Waals surface area contributed by atoms with Gasteiger partial charge < -0.3 is 0 Å². The second kappa shape index (κ2) is 3.56. The first-order valence-electron chi connectivity index (χ1n) is 5.54. The summed E-state index contributed by atoms with van der Waals surface area (Å²) in [7, 11) is 0. The van der Waals surface area contributed by atoms with Gasteiger partial charge in [-0.1, -0.05) is 6.92 Å². The zero-order valence-electron chi connectivity index (χ0n) is 9.49. The molecule has 0 spiro atoms. The normalized spacial score (nSPS) is 30.9. The summed E-state index contributed by atoms with van der Waals surface area (Å²) in [5.74, 6) is -0.377. The zero-order chi connectivity index (χ0) is 11.9. The highest BCUT2D eigenvalue weighted by atomic mass is 16.2. The summed E-state index contributed by atoms with van der Waals surface area (Å²) < 4.78 is 0. The molecule has 0 aromatic rings. The van der Waals surface area contributed by atoms with Crippen LogP contribution >= 0.6 is 0 Å². The van der Waals surface area contributed by atoms with E-state index in [1.54, 1.807) is 6.92 Å². The molecule has 2 amide bonds. The molecule has 1 aliphatic heterocycles. The number of likely N-dealkylation sites (tertiary alicyclic amines) is 1. The molecule has 3 atom stereocenters. The van der Waals surface area contributed by atoms with Crippen molar-refractivity contribution in [3.63, 3.8) is 0 Å². The fraction of sp³-hybridized carbons (Fsp3) is 0.727. The molecular weight excluding hydrogens is 206 g/mol. The third-order valence-corrected chi connectivity index (χ3v) is 3.24. The Morgan fingerprint density at radius 2 is 2.06 bits per heavy atom. The Morgan fingerprint density at radius 1 is 1.50 bits per heavy atom. The van der Waals surface area contributed by atoms with Crippen LogP contribution in [-0.4, -0.2) is 35.3 Å². The fourth-order valence-electron chi connectivity index (χ4n) is 2.24. The molecule has 0 aromatic heterocycles. The molecule has 5 nitrogen and oxygen atoms in total. The van der Waals surface area contributed by atoms with E-state index in [0.29, 0.717) is 13.0 Å². The number of carbonyl (C=O) groups is 2. The number of carbonyl (C=O) groups excluding carboxylic acids is 2. The third-order valence-electron chi connectivity index (χ3n) is 3.24.